The molecule has 5 atom stereocenters. The highest BCUT2D eigenvalue weighted by molar-refractivity contribution is 5.83. The number of amides is 1. The number of nitrogens with one attached hydrogen (secondary N) is 1. The molecular weight excluding hydrogens is 660 g/mol. The molecule has 1 aromatic rings. The summed E-state index contributed by atoms with van der Waals surface area (Å²) in [5.74, 6) is -15.8. The monoisotopic (exact) mass is 723 g/mol. The van der Waals surface area contributed by atoms with Crippen LogP contribution in [0.3, 0.4) is 0 Å². The molecule has 16 heteroatoms. The Morgan fingerprint density at radius 2 is 1.50 bits per heavy atom. The lowest BCUT2D eigenvalue weighted by Gasteiger charge is -2.48. The Morgan fingerprint density at radius 3 is 1.92 bits per heavy atom. The summed E-state index contributed by atoms with van der Waals surface area (Å²) in [5, 5.41) is 80.5. The second-order valence-electron chi connectivity index (χ2n) is 14.2. The number of nitrogens with two attached hydrogens (primary N) is 1. The number of hydrazine groups is 1. The number of primary amides is 1. The molecule has 2 fully saturated rings. The van der Waals surface area contributed by atoms with Crippen molar-refractivity contribution in [1.29, 1.82) is 0 Å². The predicted molar refractivity (Wildman–Crippen MR) is 183 cm³/mol. The van der Waals surface area contributed by atoms with Gasteiger partial charge < -0.3 is 46.6 Å². The van der Waals surface area contributed by atoms with E-state index >= 15 is 0 Å². The summed E-state index contributed by atoms with van der Waals surface area (Å²) in [4.78, 5) is 14.8. The zero-order valence-electron chi connectivity index (χ0n) is 31.2. The highest BCUT2D eigenvalue weighted by Crippen LogP contribution is 2.49. The van der Waals surface area contributed by atoms with Crippen LogP contribution in [0.5, 0.6) is 0 Å². The molecule has 0 aromatic heterocycles. The summed E-state index contributed by atoms with van der Waals surface area (Å²) >= 11 is 0. The summed E-state index contributed by atoms with van der Waals surface area (Å²) in [7, 11) is 1.94. The fraction of sp³-hybridized carbons (Fsp3) is 0.794. The topological polar surface area (TPSA) is 227 Å². The van der Waals surface area contributed by atoms with Crippen LogP contribution in [-0.4, -0.2) is 134 Å². The lowest BCUT2D eigenvalue weighted by Crippen LogP contribution is -2.73. The first-order valence-electron chi connectivity index (χ1n) is 17.2. The van der Waals surface area contributed by atoms with E-state index in [1.54, 1.807) is 0 Å². The van der Waals surface area contributed by atoms with Gasteiger partial charge in [-0.3, -0.25) is 9.69 Å². The zero-order valence-corrected chi connectivity index (χ0v) is 31.2. The third kappa shape index (κ3) is 10.6. The number of carbonyl (C=O) groups excluding carboxylic acids is 1. The average molecular weight is 724 g/mol. The van der Waals surface area contributed by atoms with Crippen LogP contribution in [0.4, 0.5) is 8.78 Å². The van der Waals surface area contributed by atoms with Crippen molar-refractivity contribution in [3.8, 4) is 0 Å². The maximum absolute atomic E-state index is 13.1. The second-order valence-corrected chi connectivity index (χ2v) is 14.2. The largest absolute Gasteiger partial charge is 0.387 e. The number of aliphatic hydroxyl groups is 8. The summed E-state index contributed by atoms with van der Waals surface area (Å²) in [6.07, 6.45) is -1.49. The van der Waals surface area contributed by atoms with Crippen LogP contribution < -0.4 is 11.2 Å². The number of nitrogens with zero attached hydrogens (tertiary/aromatic N) is 3. The smallest absolute Gasteiger partial charge is 0.352 e. The normalized spacial score (nSPS) is 25.1. The van der Waals surface area contributed by atoms with Gasteiger partial charge in [-0.25, -0.2) is 15.3 Å². The molecule has 1 saturated carbocycles. The van der Waals surface area contributed by atoms with Crippen molar-refractivity contribution < 1.29 is 54.4 Å². The number of benzene rings is 1. The molecule has 1 amide bonds. The van der Waals surface area contributed by atoms with Crippen LogP contribution in [0.1, 0.15) is 93.6 Å². The number of likely N-dealkylation sites (N-methyl/N-ethyl adjacent to an activating group) is 1. The van der Waals surface area contributed by atoms with Crippen molar-refractivity contribution in [3.05, 3.63) is 35.9 Å². The van der Waals surface area contributed by atoms with Crippen molar-refractivity contribution >= 4 is 5.91 Å². The van der Waals surface area contributed by atoms with Gasteiger partial charge in [0.15, 0.2) is 5.60 Å². The van der Waals surface area contributed by atoms with Gasteiger partial charge in [-0.1, -0.05) is 64.4 Å². The minimum atomic E-state index is -4.73. The first-order chi connectivity index (χ1) is 22.6. The van der Waals surface area contributed by atoms with E-state index in [1.165, 1.54) is 0 Å². The number of halogens is 2. The van der Waals surface area contributed by atoms with E-state index in [-0.39, 0.29) is 30.8 Å². The van der Waals surface area contributed by atoms with Crippen LogP contribution in [-0.2, 0) is 11.2 Å². The van der Waals surface area contributed by atoms with Crippen molar-refractivity contribution in [1.82, 2.24) is 20.2 Å². The molecule has 1 saturated heterocycles. The lowest BCUT2D eigenvalue weighted by atomic mass is 9.74. The molecule has 5 unspecified atom stereocenters. The van der Waals surface area contributed by atoms with Gasteiger partial charge >= 0.3 is 5.92 Å². The Balaban J connectivity index is 0.000000581. The molecule has 292 valence electrons. The fourth-order valence-corrected chi connectivity index (χ4v) is 6.67. The Hall–Kier alpha value is -1.93. The minimum Gasteiger partial charge on any atom is -0.387 e. The Bertz CT molecular complexity index is 1180. The van der Waals surface area contributed by atoms with Crippen LogP contribution in [0, 0.1) is 5.92 Å². The molecule has 50 heavy (non-hydrogen) atoms. The van der Waals surface area contributed by atoms with Gasteiger partial charge in [0.05, 0.1) is 11.8 Å². The van der Waals surface area contributed by atoms with E-state index in [4.69, 9.17) is 20.4 Å². The van der Waals surface area contributed by atoms with Gasteiger partial charge in [-0.2, -0.15) is 8.78 Å². The number of hydrogen-bond donors (Lipinski definition) is 10. The quantitative estimate of drug-likeness (QED) is 0.134. The van der Waals surface area contributed by atoms with Crippen molar-refractivity contribution in [2.24, 2.45) is 11.7 Å². The number of rotatable bonds is 12. The molecule has 0 radical (unpaired) electrons. The Kier molecular flexibility index (Phi) is 15.9. The summed E-state index contributed by atoms with van der Waals surface area (Å²) < 4.78 is 26.2. The molecule has 1 aromatic carbocycles. The van der Waals surface area contributed by atoms with Crippen LogP contribution >= 0.6 is 0 Å². The van der Waals surface area contributed by atoms with Crippen LogP contribution in [0.2, 0.25) is 0 Å². The minimum absolute atomic E-state index is 0.0163. The second kappa shape index (κ2) is 17.3. The molecule has 14 nitrogen and oxygen atoms in total. The molecule has 2 aliphatic rings. The maximum Gasteiger partial charge on any atom is 0.352 e. The van der Waals surface area contributed by atoms with Gasteiger partial charge in [0, 0.05) is 44.9 Å². The van der Waals surface area contributed by atoms with E-state index < -0.39 is 53.4 Å². The molecule has 1 heterocycles. The number of aryl methyl sites for hydroxylation is 1. The Labute approximate surface area is 295 Å². The number of alkyl halides is 2. The van der Waals surface area contributed by atoms with E-state index in [2.05, 4.69) is 50.7 Å². The molecular formula is C34H63F2N5O9. The SMILES string of the molecule is CC.CCC(C)C(C)N(CC(C)N1C(C)NN(C)C1C(C)(C)O)C(O)(O)CCc1ccccc1.NC(=O)C1(O)CC(O)(O)C(F)(F)C(O)(O)C1. The zero-order chi connectivity index (χ0) is 39.3. The van der Waals surface area contributed by atoms with Gasteiger partial charge in [0.25, 0.3) is 0 Å². The van der Waals surface area contributed by atoms with Gasteiger partial charge in [0.2, 0.25) is 23.4 Å². The number of carbonyl (C=O) groups is 1. The third-order valence-electron chi connectivity index (χ3n) is 9.64. The van der Waals surface area contributed by atoms with Crippen molar-refractivity contribution in [3.63, 3.8) is 0 Å². The summed E-state index contributed by atoms with van der Waals surface area (Å²) in [5.41, 5.74) is 5.34. The van der Waals surface area contributed by atoms with Crippen LogP contribution in [0.15, 0.2) is 30.3 Å². The van der Waals surface area contributed by atoms with Crippen molar-refractivity contribution in [2.45, 2.75) is 153 Å². The van der Waals surface area contributed by atoms with E-state index in [0.29, 0.717) is 18.9 Å². The third-order valence-corrected chi connectivity index (χ3v) is 9.64. The highest BCUT2D eigenvalue weighted by Gasteiger charge is 2.73. The maximum atomic E-state index is 13.1. The molecule has 11 N–H and O–H groups in total. The van der Waals surface area contributed by atoms with Crippen molar-refractivity contribution in [2.75, 3.05) is 13.6 Å². The first kappa shape index (κ1) is 46.1. The molecule has 1 aliphatic carbocycles. The fourth-order valence-electron chi connectivity index (χ4n) is 6.67. The lowest BCUT2D eigenvalue weighted by molar-refractivity contribution is -0.432. The Morgan fingerprint density at radius 1 is 1.02 bits per heavy atom. The van der Waals surface area contributed by atoms with E-state index in [1.807, 2.05) is 75.0 Å². The number of hydrogen-bond acceptors (Lipinski definition) is 13. The van der Waals surface area contributed by atoms with Crippen LogP contribution in [0.25, 0.3) is 0 Å². The van der Waals surface area contributed by atoms with E-state index in [9.17, 15) is 34.0 Å². The molecule has 0 bridgehead atoms. The standard InChI is InChI=1S/C25H46N4O3.C7H11F2NO6.C2H6/c1-9-18(2)20(4)28(25(31,32)16-15-22-13-11-10-12-14-22)17-19(3)29-21(5)26-27(8)23(29)24(6,7)30;8-7(9)5(13,14)1-4(12,3(10)11)2-6(7,15)16;1-2/h10-14,18-21,23,26,30-32H,9,15-17H2,1-8H3;12-16H,1-2H2,(H2,10,11);1-2H3. The van der Waals surface area contributed by atoms with Gasteiger partial charge in [-0.15, -0.1) is 0 Å². The highest BCUT2D eigenvalue weighted by atomic mass is 19.3. The predicted octanol–water partition coefficient (Wildman–Crippen LogP) is 0.598. The molecule has 3 rings (SSSR count). The van der Waals surface area contributed by atoms with Gasteiger partial charge in [-0.05, 0) is 52.5 Å². The molecule has 0 spiro atoms. The van der Waals surface area contributed by atoms with Gasteiger partial charge in [0.1, 0.15) is 6.17 Å². The average Bonchev–Trinajstić information content (AvgIpc) is 3.32. The summed E-state index contributed by atoms with van der Waals surface area (Å²) in [6, 6.07) is 9.91. The first-order valence-corrected chi connectivity index (χ1v) is 17.2. The summed E-state index contributed by atoms with van der Waals surface area (Å²) in [6.45, 7) is 18.6. The van der Waals surface area contributed by atoms with E-state index in [0.717, 1.165) is 12.0 Å². The molecule has 1 aliphatic heterocycles.